The van der Waals surface area contributed by atoms with E-state index in [0.717, 1.165) is 5.92 Å². The summed E-state index contributed by atoms with van der Waals surface area (Å²) in [4.78, 5) is 0. The molecule has 1 saturated carbocycles. The van der Waals surface area contributed by atoms with Crippen LogP contribution < -0.4 is 0 Å². The maximum absolute atomic E-state index is 2.35. The van der Waals surface area contributed by atoms with E-state index in [4.69, 9.17) is 0 Å². The monoisotopic (exact) mass is 180 g/mol. The summed E-state index contributed by atoms with van der Waals surface area (Å²) in [5.74, 6) is 0.894. The van der Waals surface area contributed by atoms with Gasteiger partial charge in [0.15, 0.2) is 0 Å². The highest BCUT2D eigenvalue weighted by Gasteiger charge is 2.17. The van der Waals surface area contributed by atoms with Crippen LogP contribution in [-0.2, 0) is 0 Å². The molecule has 1 aliphatic carbocycles. The molecule has 0 bridgehead atoms. The minimum Gasteiger partial charge on any atom is -0.152 e. The normalized spacial score (nSPS) is 19.8. The molecular formula is C11H16S. The van der Waals surface area contributed by atoms with E-state index in [1.807, 2.05) is 11.3 Å². The molecule has 0 N–H and O–H groups in total. The molecule has 0 aliphatic heterocycles. The average Bonchev–Trinajstić information content (AvgIpc) is 2.53. The van der Waals surface area contributed by atoms with E-state index in [0.29, 0.717) is 0 Å². The van der Waals surface area contributed by atoms with E-state index in [1.165, 1.54) is 37.7 Å². The van der Waals surface area contributed by atoms with E-state index < -0.39 is 0 Å². The van der Waals surface area contributed by atoms with Gasteiger partial charge in [-0.15, -0.1) is 0 Å². The Balaban J connectivity index is 2.13. The van der Waals surface area contributed by atoms with Crippen molar-refractivity contribution in [1.29, 1.82) is 0 Å². The summed E-state index contributed by atoms with van der Waals surface area (Å²) in [7, 11) is 0. The second kappa shape index (κ2) is 3.61. The van der Waals surface area contributed by atoms with Crippen LogP contribution in [0.15, 0.2) is 10.8 Å². The maximum Gasteiger partial charge on any atom is -0.00557 e. The molecule has 0 atom stereocenters. The summed E-state index contributed by atoms with van der Waals surface area (Å²) in [6, 6.07) is 0. The van der Waals surface area contributed by atoms with Gasteiger partial charge in [-0.25, -0.2) is 0 Å². The molecule has 0 radical (unpaired) electrons. The first-order valence-corrected chi connectivity index (χ1v) is 5.85. The fourth-order valence-corrected chi connectivity index (χ4v) is 3.14. The van der Waals surface area contributed by atoms with Crippen LogP contribution in [0.25, 0.3) is 0 Å². The Morgan fingerprint density at radius 2 is 1.92 bits per heavy atom. The van der Waals surface area contributed by atoms with Crippen LogP contribution in [0, 0.1) is 6.92 Å². The molecule has 1 aromatic rings. The lowest BCUT2D eigenvalue weighted by Crippen LogP contribution is -2.04. The summed E-state index contributed by atoms with van der Waals surface area (Å²) in [6.07, 6.45) is 7.20. The van der Waals surface area contributed by atoms with Crippen LogP contribution in [-0.4, -0.2) is 0 Å². The van der Waals surface area contributed by atoms with Gasteiger partial charge in [-0.05, 0) is 47.6 Å². The lowest BCUT2D eigenvalue weighted by atomic mass is 9.84. The van der Waals surface area contributed by atoms with Gasteiger partial charge >= 0.3 is 0 Å². The lowest BCUT2D eigenvalue weighted by molar-refractivity contribution is 0.443. The number of hydrogen-bond donors (Lipinski definition) is 0. The van der Waals surface area contributed by atoms with Crippen molar-refractivity contribution in [2.45, 2.75) is 44.9 Å². The van der Waals surface area contributed by atoms with Gasteiger partial charge in [-0.3, -0.25) is 0 Å². The topological polar surface area (TPSA) is 0 Å². The molecule has 1 aliphatic rings. The van der Waals surface area contributed by atoms with Crippen molar-refractivity contribution in [3.8, 4) is 0 Å². The van der Waals surface area contributed by atoms with Gasteiger partial charge in [0.25, 0.3) is 0 Å². The molecule has 0 aromatic carbocycles. The van der Waals surface area contributed by atoms with Crippen LogP contribution in [0.2, 0.25) is 0 Å². The Hall–Kier alpha value is -0.300. The van der Waals surface area contributed by atoms with Gasteiger partial charge in [0, 0.05) is 0 Å². The Bertz CT molecular complexity index is 243. The van der Waals surface area contributed by atoms with Gasteiger partial charge in [0.05, 0.1) is 0 Å². The fourth-order valence-electron chi connectivity index (χ4n) is 2.20. The van der Waals surface area contributed by atoms with Crippen LogP contribution in [0.5, 0.6) is 0 Å². The third-order valence-corrected chi connectivity index (χ3v) is 3.82. The maximum atomic E-state index is 2.35. The number of aryl methyl sites for hydroxylation is 1. The Kier molecular flexibility index (Phi) is 2.50. The number of rotatable bonds is 1. The molecule has 12 heavy (non-hydrogen) atoms. The highest BCUT2D eigenvalue weighted by atomic mass is 32.1. The minimum atomic E-state index is 0.894. The molecule has 0 nitrogen and oxygen atoms in total. The van der Waals surface area contributed by atoms with Crippen molar-refractivity contribution in [2.24, 2.45) is 0 Å². The Labute approximate surface area is 78.6 Å². The molecule has 1 aromatic heterocycles. The Morgan fingerprint density at radius 3 is 2.50 bits per heavy atom. The van der Waals surface area contributed by atoms with Crippen LogP contribution in [0.3, 0.4) is 0 Å². The molecule has 1 heteroatoms. The van der Waals surface area contributed by atoms with Gasteiger partial charge in [0.1, 0.15) is 0 Å². The lowest BCUT2D eigenvalue weighted by Gasteiger charge is -2.21. The van der Waals surface area contributed by atoms with Crippen LogP contribution >= 0.6 is 11.3 Å². The number of thiophene rings is 1. The van der Waals surface area contributed by atoms with E-state index in [2.05, 4.69) is 17.7 Å². The minimum absolute atomic E-state index is 0.894. The highest BCUT2D eigenvalue weighted by molar-refractivity contribution is 7.08. The highest BCUT2D eigenvalue weighted by Crippen LogP contribution is 2.35. The zero-order valence-corrected chi connectivity index (χ0v) is 8.49. The molecule has 1 fully saturated rings. The first kappa shape index (κ1) is 8.31. The van der Waals surface area contributed by atoms with Gasteiger partial charge in [0.2, 0.25) is 0 Å². The van der Waals surface area contributed by atoms with Gasteiger partial charge < -0.3 is 0 Å². The first-order chi connectivity index (χ1) is 5.88. The summed E-state index contributed by atoms with van der Waals surface area (Å²) in [6.45, 7) is 2.25. The second-order valence-corrected chi connectivity index (χ2v) is 4.59. The van der Waals surface area contributed by atoms with Gasteiger partial charge in [-0.1, -0.05) is 19.3 Å². The van der Waals surface area contributed by atoms with Crippen molar-refractivity contribution in [3.05, 3.63) is 21.9 Å². The SMILES string of the molecule is Cc1cscc1C1CCCCC1. The number of hydrogen-bond acceptors (Lipinski definition) is 1. The van der Waals surface area contributed by atoms with Crippen molar-refractivity contribution in [1.82, 2.24) is 0 Å². The van der Waals surface area contributed by atoms with Crippen molar-refractivity contribution < 1.29 is 0 Å². The zero-order valence-electron chi connectivity index (χ0n) is 7.68. The predicted octanol–water partition coefficient (Wildman–Crippen LogP) is 4.10. The van der Waals surface area contributed by atoms with E-state index in [9.17, 15) is 0 Å². The summed E-state index contributed by atoms with van der Waals surface area (Å²) in [5, 5.41) is 4.63. The molecule has 0 spiro atoms. The molecular weight excluding hydrogens is 164 g/mol. The standard InChI is InChI=1S/C11H16S/c1-9-7-12-8-11(9)10-5-3-2-4-6-10/h7-8,10H,2-6H2,1H3. The van der Waals surface area contributed by atoms with Crippen LogP contribution in [0.1, 0.15) is 49.1 Å². The van der Waals surface area contributed by atoms with E-state index in [1.54, 1.807) is 5.56 Å². The van der Waals surface area contributed by atoms with Crippen molar-refractivity contribution >= 4 is 11.3 Å². The van der Waals surface area contributed by atoms with Crippen molar-refractivity contribution in [2.75, 3.05) is 0 Å². The molecule has 0 saturated heterocycles. The average molecular weight is 180 g/mol. The molecule has 0 unspecified atom stereocenters. The molecule has 1 heterocycles. The summed E-state index contributed by atoms with van der Waals surface area (Å²) in [5.41, 5.74) is 3.16. The Morgan fingerprint density at radius 1 is 1.17 bits per heavy atom. The molecule has 66 valence electrons. The van der Waals surface area contributed by atoms with E-state index in [-0.39, 0.29) is 0 Å². The summed E-state index contributed by atoms with van der Waals surface area (Å²) < 4.78 is 0. The largest absolute Gasteiger partial charge is 0.152 e. The first-order valence-electron chi connectivity index (χ1n) is 4.90. The quantitative estimate of drug-likeness (QED) is 0.610. The third-order valence-electron chi connectivity index (χ3n) is 2.94. The summed E-state index contributed by atoms with van der Waals surface area (Å²) >= 11 is 1.86. The fraction of sp³-hybridized carbons (Fsp3) is 0.636. The second-order valence-electron chi connectivity index (χ2n) is 3.85. The third kappa shape index (κ3) is 1.56. The smallest absolute Gasteiger partial charge is 0.00557 e. The van der Waals surface area contributed by atoms with E-state index >= 15 is 0 Å². The zero-order chi connectivity index (χ0) is 8.39. The van der Waals surface area contributed by atoms with Crippen molar-refractivity contribution in [3.63, 3.8) is 0 Å². The predicted molar refractivity (Wildman–Crippen MR) is 54.9 cm³/mol. The van der Waals surface area contributed by atoms with Crippen LogP contribution in [0.4, 0.5) is 0 Å². The molecule has 2 rings (SSSR count). The van der Waals surface area contributed by atoms with Gasteiger partial charge in [-0.2, -0.15) is 11.3 Å². The molecule has 0 amide bonds.